The summed E-state index contributed by atoms with van der Waals surface area (Å²) < 4.78 is 4.91. The molecule has 0 aliphatic heterocycles. The molecule has 0 aliphatic rings. The van der Waals surface area contributed by atoms with Gasteiger partial charge in [0.1, 0.15) is 10.2 Å². The SMILES string of the molecule is Cc1nc2sc(C(=O)NCCC(=O)O)c(C)c2c(=O)o1. The van der Waals surface area contributed by atoms with Crippen LogP contribution in [-0.4, -0.2) is 28.5 Å². The molecule has 0 bridgehead atoms. The molecule has 0 saturated heterocycles. The maximum atomic E-state index is 12.0. The van der Waals surface area contributed by atoms with Gasteiger partial charge in [-0.3, -0.25) is 9.59 Å². The monoisotopic (exact) mass is 296 g/mol. The van der Waals surface area contributed by atoms with Gasteiger partial charge in [0, 0.05) is 13.5 Å². The second kappa shape index (κ2) is 5.41. The number of amides is 1. The van der Waals surface area contributed by atoms with Crippen molar-refractivity contribution >= 4 is 33.4 Å². The van der Waals surface area contributed by atoms with Crippen molar-refractivity contribution in [2.75, 3.05) is 6.54 Å². The number of aliphatic carboxylic acids is 1. The standard InChI is InChI=1S/C12H12N2O5S/c1-5-8-11(14-6(2)19-12(8)18)20-9(5)10(17)13-4-3-7(15)16/h3-4H2,1-2H3,(H,13,17)(H,15,16). The number of hydrogen-bond acceptors (Lipinski definition) is 6. The van der Waals surface area contributed by atoms with Crippen molar-refractivity contribution < 1.29 is 19.1 Å². The summed E-state index contributed by atoms with van der Waals surface area (Å²) in [4.78, 5) is 39.0. The first-order valence-electron chi connectivity index (χ1n) is 5.81. The van der Waals surface area contributed by atoms with Crippen molar-refractivity contribution in [2.45, 2.75) is 20.3 Å². The van der Waals surface area contributed by atoms with E-state index in [1.165, 1.54) is 0 Å². The van der Waals surface area contributed by atoms with Crippen molar-refractivity contribution in [3.05, 3.63) is 26.8 Å². The summed E-state index contributed by atoms with van der Waals surface area (Å²) in [6, 6.07) is 0. The first-order chi connectivity index (χ1) is 9.40. The maximum Gasteiger partial charge on any atom is 0.348 e. The molecule has 106 valence electrons. The molecule has 0 aromatic carbocycles. The Balaban J connectivity index is 2.33. The Morgan fingerprint density at radius 3 is 2.75 bits per heavy atom. The minimum absolute atomic E-state index is 0.0307. The quantitative estimate of drug-likeness (QED) is 0.873. The lowest BCUT2D eigenvalue weighted by atomic mass is 10.2. The molecule has 0 radical (unpaired) electrons. The molecule has 0 fully saturated rings. The molecule has 0 spiro atoms. The van der Waals surface area contributed by atoms with E-state index in [0.29, 0.717) is 20.7 Å². The Kier molecular flexibility index (Phi) is 3.84. The highest BCUT2D eigenvalue weighted by Gasteiger charge is 2.19. The summed E-state index contributed by atoms with van der Waals surface area (Å²) in [6.07, 6.45) is -0.158. The summed E-state index contributed by atoms with van der Waals surface area (Å²) in [5.74, 6) is -1.17. The first-order valence-corrected chi connectivity index (χ1v) is 6.62. The van der Waals surface area contributed by atoms with Crippen LogP contribution in [-0.2, 0) is 4.79 Å². The van der Waals surface area contributed by atoms with Crippen LogP contribution < -0.4 is 10.9 Å². The number of aromatic nitrogens is 1. The van der Waals surface area contributed by atoms with Crippen molar-refractivity contribution in [3.63, 3.8) is 0 Å². The summed E-state index contributed by atoms with van der Waals surface area (Å²) in [7, 11) is 0. The summed E-state index contributed by atoms with van der Waals surface area (Å²) in [6.45, 7) is 3.23. The average molecular weight is 296 g/mol. The molecule has 8 heteroatoms. The Morgan fingerprint density at radius 2 is 2.10 bits per heavy atom. The van der Waals surface area contributed by atoms with Gasteiger partial charge in [-0.2, -0.15) is 0 Å². The van der Waals surface area contributed by atoms with Gasteiger partial charge < -0.3 is 14.8 Å². The number of carboxylic acid groups (broad SMARTS) is 1. The molecule has 2 rings (SSSR count). The number of rotatable bonds is 4. The molecular formula is C12H12N2O5S. The smallest absolute Gasteiger partial charge is 0.348 e. The lowest BCUT2D eigenvalue weighted by Gasteiger charge is -2.01. The fourth-order valence-electron chi connectivity index (χ4n) is 1.75. The number of fused-ring (bicyclic) bond motifs is 1. The molecule has 0 unspecified atom stereocenters. The van der Waals surface area contributed by atoms with Crippen LogP contribution in [0.5, 0.6) is 0 Å². The fourth-order valence-corrected chi connectivity index (χ4v) is 2.87. The number of thiophene rings is 1. The zero-order chi connectivity index (χ0) is 14.9. The molecule has 2 heterocycles. The van der Waals surface area contributed by atoms with E-state index < -0.39 is 17.5 Å². The molecule has 2 aromatic rings. The van der Waals surface area contributed by atoms with E-state index in [-0.39, 0.29) is 18.9 Å². The zero-order valence-corrected chi connectivity index (χ0v) is 11.7. The molecule has 0 atom stereocenters. The summed E-state index contributed by atoms with van der Waals surface area (Å²) >= 11 is 1.09. The minimum Gasteiger partial charge on any atom is -0.481 e. The van der Waals surface area contributed by atoms with Crippen molar-refractivity contribution in [1.29, 1.82) is 0 Å². The second-order valence-corrected chi connectivity index (χ2v) is 5.16. The Bertz CT molecular complexity index is 746. The van der Waals surface area contributed by atoms with Gasteiger partial charge in [-0.15, -0.1) is 11.3 Å². The highest BCUT2D eigenvalue weighted by Crippen LogP contribution is 2.27. The van der Waals surface area contributed by atoms with Gasteiger partial charge in [-0.25, -0.2) is 9.78 Å². The normalized spacial score (nSPS) is 10.7. The topological polar surface area (TPSA) is 110 Å². The number of aryl methyl sites for hydroxylation is 2. The molecule has 1 amide bonds. The number of carbonyl (C=O) groups excluding carboxylic acids is 1. The maximum absolute atomic E-state index is 12.0. The van der Waals surface area contributed by atoms with E-state index in [9.17, 15) is 14.4 Å². The minimum atomic E-state index is -0.990. The van der Waals surface area contributed by atoms with Crippen LogP contribution >= 0.6 is 11.3 Å². The zero-order valence-electron chi connectivity index (χ0n) is 10.8. The lowest BCUT2D eigenvalue weighted by molar-refractivity contribution is -0.136. The first kappa shape index (κ1) is 14.2. The van der Waals surface area contributed by atoms with Gasteiger partial charge in [0.05, 0.1) is 11.3 Å². The highest BCUT2D eigenvalue weighted by atomic mass is 32.1. The van der Waals surface area contributed by atoms with Gasteiger partial charge in [0.25, 0.3) is 5.91 Å². The van der Waals surface area contributed by atoms with Crippen LogP contribution in [0.4, 0.5) is 0 Å². The van der Waals surface area contributed by atoms with Crippen molar-refractivity contribution in [2.24, 2.45) is 0 Å². The lowest BCUT2D eigenvalue weighted by Crippen LogP contribution is -2.25. The molecule has 2 N–H and O–H groups in total. The number of nitrogens with one attached hydrogen (secondary N) is 1. The summed E-state index contributed by atoms with van der Waals surface area (Å²) in [5, 5.41) is 11.3. The number of carbonyl (C=O) groups is 2. The molecular weight excluding hydrogens is 284 g/mol. The Hall–Kier alpha value is -2.22. The highest BCUT2D eigenvalue weighted by molar-refractivity contribution is 7.20. The third-order valence-corrected chi connectivity index (χ3v) is 3.85. The fraction of sp³-hybridized carbons (Fsp3) is 0.333. The van der Waals surface area contributed by atoms with Crippen LogP contribution in [0.2, 0.25) is 0 Å². The Labute approximate surface area is 117 Å². The van der Waals surface area contributed by atoms with Crippen LogP contribution in [0.3, 0.4) is 0 Å². The van der Waals surface area contributed by atoms with Crippen LogP contribution in [0.1, 0.15) is 27.5 Å². The van der Waals surface area contributed by atoms with Gasteiger partial charge in [0.2, 0.25) is 0 Å². The third kappa shape index (κ3) is 2.69. The predicted molar refractivity (Wildman–Crippen MR) is 72.2 cm³/mol. The number of hydrogen-bond donors (Lipinski definition) is 2. The van der Waals surface area contributed by atoms with E-state index >= 15 is 0 Å². The predicted octanol–water partition coefficient (Wildman–Crippen LogP) is 1.07. The largest absolute Gasteiger partial charge is 0.481 e. The number of carboxylic acids is 1. The molecule has 20 heavy (non-hydrogen) atoms. The van der Waals surface area contributed by atoms with E-state index in [0.717, 1.165) is 11.3 Å². The van der Waals surface area contributed by atoms with Crippen molar-refractivity contribution in [1.82, 2.24) is 10.3 Å². The molecule has 7 nitrogen and oxygen atoms in total. The second-order valence-electron chi connectivity index (χ2n) is 4.16. The van der Waals surface area contributed by atoms with E-state index in [4.69, 9.17) is 9.52 Å². The van der Waals surface area contributed by atoms with Crippen LogP contribution in [0, 0.1) is 13.8 Å². The summed E-state index contributed by atoms with van der Waals surface area (Å²) in [5.41, 5.74) is -0.0232. The average Bonchev–Trinajstić information content (AvgIpc) is 2.65. The van der Waals surface area contributed by atoms with E-state index in [1.54, 1.807) is 13.8 Å². The molecule has 2 aromatic heterocycles. The van der Waals surface area contributed by atoms with Gasteiger partial charge in [-0.05, 0) is 12.5 Å². The molecule has 0 aliphatic carbocycles. The van der Waals surface area contributed by atoms with Crippen LogP contribution in [0.15, 0.2) is 9.21 Å². The molecule has 0 saturated carbocycles. The van der Waals surface area contributed by atoms with E-state index in [2.05, 4.69) is 10.3 Å². The van der Waals surface area contributed by atoms with Gasteiger partial charge in [-0.1, -0.05) is 0 Å². The van der Waals surface area contributed by atoms with Crippen LogP contribution in [0.25, 0.3) is 10.2 Å². The van der Waals surface area contributed by atoms with E-state index in [1.807, 2.05) is 0 Å². The number of nitrogens with zero attached hydrogens (tertiary/aromatic N) is 1. The third-order valence-electron chi connectivity index (χ3n) is 2.66. The van der Waals surface area contributed by atoms with Gasteiger partial charge >= 0.3 is 11.6 Å². The Morgan fingerprint density at radius 1 is 1.40 bits per heavy atom. The van der Waals surface area contributed by atoms with Crippen molar-refractivity contribution in [3.8, 4) is 0 Å². The van der Waals surface area contributed by atoms with Gasteiger partial charge in [0.15, 0.2) is 5.89 Å².